The van der Waals surface area contributed by atoms with E-state index < -0.39 is 0 Å². The van der Waals surface area contributed by atoms with Crippen molar-refractivity contribution in [1.29, 1.82) is 0 Å². The minimum atomic E-state index is 0.117. The summed E-state index contributed by atoms with van der Waals surface area (Å²) < 4.78 is 0. The Kier molecular flexibility index (Phi) is 4.77. The summed E-state index contributed by atoms with van der Waals surface area (Å²) in [6, 6.07) is 3.86. The number of hydrogen-bond donors (Lipinski definition) is 1. The first-order chi connectivity index (χ1) is 7.24. The zero-order valence-electron chi connectivity index (χ0n) is 9.23. The summed E-state index contributed by atoms with van der Waals surface area (Å²) in [4.78, 5) is 17.0. The highest BCUT2D eigenvalue weighted by Crippen LogP contribution is 1.94. The molecule has 0 aromatic carbocycles. The Morgan fingerprint density at radius 2 is 2.13 bits per heavy atom. The molecule has 4 heteroatoms. The summed E-state index contributed by atoms with van der Waals surface area (Å²) >= 11 is 0. The molecule has 0 aliphatic heterocycles. The molecule has 1 aromatic heterocycles. The van der Waals surface area contributed by atoms with E-state index in [9.17, 15) is 4.79 Å². The monoisotopic (exact) mass is 207 g/mol. The lowest BCUT2D eigenvalue weighted by Gasteiger charge is -2.14. The normalized spacial score (nSPS) is 10.0. The van der Waals surface area contributed by atoms with Crippen molar-refractivity contribution in [2.24, 2.45) is 0 Å². The van der Waals surface area contributed by atoms with Gasteiger partial charge in [-0.2, -0.15) is 0 Å². The third-order valence-electron chi connectivity index (χ3n) is 2.25. The Morgan fingerprint density at radius 1 is 1.47 bits per heavy atom. The molecular weight excluding hydrogens is 190 g/mol. The maximum atomic E-state index is 11.4. The highest BCUT2D eigenvalue weighted by Gasteiger charge is 2.04. The topological polar surface area (TPSA) is 45.2 Å². The number of aromatic nitrogens is 1. The summed E-state index contributed by atoms with van der Waals surface area (Å²) in [5.74, 6) is 0.117. The number of nitrogens with zero attached hydrogens (tertiary/aromatic N) is 2. The average molecular weight is 207 g/mol. The smallest absolute Gasteiger partial charge is 0.236 e. The lowest BCUT2D eigenvalue weighted by molar-refractivity contribution is -0.128. The highest BCUT2D eigenvalue weighted by atomic mass is 16.2. The maximum Gasteiger partial charge on any atom is 0.236 e. The molecule has 4 nitrogen and oxygen atoms in total. The van der Waals surface area contributed by atoms with Gasteiger partial charge in [0.15, 0.2) is 0 Å². The van der Waals surface area contributed by atoms with Gasteiger partial charge in [-0.25, -0.2) is 0 Å². The van der Waals surface area contributed by atoms with Crippen molar-refractivity contribution in [2.45, 2.75) is 13.5 Å². The SMILES string of the molecule is CCN(C)C(=O)CNCc1ccncc1. The summed E-state index contributed by atoms with van der Waals surface area (Å²) in [6.45, 7) is 3.79. The van der Waals surface area contributed by atoms with Crippen LogP contribution in [0.5, 0.6) is 0 Å². The van der Waals surface area contributed by atoms with Gasteiger partial charge in [-0.15, -0.1) is 0 Å². The van der Waals surface area contributed by atoms with Gasteiger partial charge in [0, 0.05) is 32.5 Å². The van der Waals surface area contributed by atoms with Crippen LogP contribution in [0.25, 0.3) is 0 Å². The molecule has 1 aromatic rings. The van der Waals surface area contributed by atoms with Gasteiger partial charge in [0.2, 0.25) is 5.91 Å². The number of amides is 1. The zero-order chi connectivity index (χ0) is 11.1. The van der Waals surface area contributed by atoms with Crippen molar-refractivity contribution < 1.29 is 4.79 Å². The van der Waals surface area contributed by atoms with Crippen molar-refractivity contribution in [1.82, 2.24) is 15.2 Å². The van der Waals surface area contributed by atoms with E-state index in [0.717, 1.165) is 12.1 Å². The Bertz CT molecular complexity index is 300. The summed E-state index contributed by atoms with van der Waals surface area (Å²) in [5, 5.41) is 3.10. The van der Waals surface area contributed by atoms with Crippen molar-refractivity contribution in [3.63, 3.8) is 0 Å². The molecule has 1 N–H and O–H groups in total. The molecule has 0 aliphatic rings. The molecule has 0 aliphatic carbocycles. The van der Waals surface area contributed by atoms with E-state index in [0.29, 0.717) is 13.1 Å². The average Bonchev–Trinajstić information content (AvgIpc) is 2.29. The van der Waals surface area contributed by atoms with Crippen LogP contribution in [0.15, 0.2) is 24.5 Å². The number of likely N-dealkylation sites (N-methyl/N-ethyl adjacent to an activating group) is 1. The lowest BCUT2D eigenvalue weighted by atomic mass is 10.3. The largest absolute Gasteiger partial charge is 0.345 e. The maximum absolute atomic E-state index is 11.4. The third-order valence-corrected chi connectivity index (χ3v) is 2.25. The number of carbonyl (C=O) groups excluding carboxylic acids is 1. The predicted molar refractivity (Wildman–Crippen MR) is 59.3 cm³/mol. The van der Waals surface area contributed by atoms with Gasteiger partial charge < -0.3 is 10.2 Å². The molecule has 0 bridgehead atoms. The fourth-order valence-electron chi connectivity index (χ4n) is 1.13. The van der Waals surface area contributed by atoms with Gasteiger partial charge in [0.05, 0.1) is 6.54 Å². The summed E-state index contributed by atoms with van der Waals surface area (Å²) in [7, 11) is 1.80. The quantitative estimate of drug-likeness (QED) is 0.771. The van der Waals surface area contributed by atoms with E-state index in [2.05, 4.69) is 10.3 Å². The standard InChI is InChI=1S/C11H17N3O/c1-3-14(2)11(15)9-13-8-10-4-6-12-7-5-10/h4-7,13H,3,8-9H2,1-2H3. The minimum absolute atomic E-state index is 0.117. The molecular formula is C11H17N3O. The molecule has 0 atom stereocenters. The van der Waals surface area contributed by atoms with E-state index in [1.807, 2.05) is 19.1 Å². The van der Waals surface area contributed by atoms with Crippen LogP contribution in [0.3, 0.4) is 0 Å². The molecule has 0 radical (unpaired) electrons. The molecule has 1 heterocycles. The van der Waals surface area contributed by atoms with Crippen LogP contribution >= 0.6 is 0 Å². The fraction of sp³-hybridized carbons (Fsp3) is 0.455. The van der Waals surface area contributed by atoms with Crippen LogP contribution < -0.4 is 5.32 Å². The van der Waals surface area contributed by atoms with Gasteiger partial charge in [0.1, 0.15) is 0 Å². The van der Waals surface area contributed by atoms with Crippen LogP contribution in [0, 0.1) is 0 Å². The molecule has 0 fully saturated rings. The number of hydrogen-bond acceptors (Lipinski definition) is 3. The molecule has 0 saturated carbocycles. The van der Waals surface area contributed by atoms with Crippen molar-refractivity contribution in [2.75, 3.05) is 20.1 Å². The second-order valence-electron chi connectivity index (χ2n) is 3.37. The highest BCUT2D eigenvalue weighted by molar-refractivity contribution is 5.77. The Labute approximate surface area is 90.3 Å². The molecule has 1 amide bonds. The number of pyridine rings is 1. The predicted octanol–water partition coefficient (Wildman–Crippen LogP) is 0.649. The van der Waals surface area contributed by atoms with Crippen LogP contribution in [0.1, 0.15) is 12.5 Å². The molecule has 1 rings (SSSR count). The second-order valence-corrected chi connectivity index (χ2v) is 3.37. The third kappa shape index (κ3) is 4.08. The van der Waals surface area contributed by atoms with Gasteiger partial charge in [-0.3, -0.25) is 9.78 Å². The zero-order valence-corrected chi connectivity index (χ0v) is 9.23. The van der Waals surface area contributed by atoms with Crippen LogP contribution in [0.4, 0.5) is 0 Å². The first-order valence-electron chi connectivity index (χ1n) is 5.07. The first kappa shape index (κ1) is 11.7. The number of nitrogens with one attached hydrogen (secondary N) is 1. The first-order valence-corrected chi connectivity index (χ1v) is 5.07. The fourth-order valence-corrected chi connectivity index (χ4v) is 1.13. The number of rotatable bonds is 5. The van der Waals surface area contributed by atoms with E-state index in [-0.39, 0.29) is 5.91 Å². The van der Waals surface area contributed by atoms with Gasteiger partial charge in [0.25, 0.3) is 0 Å². The number of carbonyl (C=O) groups is 1. The van der Waals surface area contributed by atoms with Gasteiger partial charge in [-0.05, 0) is 24.6 Å². The van der Waals surface area contributed by atoms with Crippen LogP contribution in [-0.2, 0) is 11.3 Å². The van der Waals surface area contributed by atoms with Crippen molar-refractivity contribution >= 4 is 5.91 Å². The Balaban J connectivity index is 2.25. The molecule has 0 spiro atoms. The minimum Gasteiger partial charge on any atom is -0.345 e. The summed E-state index contributed by atoms with van der Waals surface area (Å²) in [6.07, 6.45) is 3.49. The van der Waals surface area contributed by atoms with Crippen LogP contribution in [0.2, 0.25) is 0 Å². The lowest BCUT2D eigenvalue weighted by Crippen LogP contribution is -2.35. The molecule has 15 heavy (non-hydrogen) atoms. The van der Waals surface area contributed by atoms with E-state index in [4.69, 9.17) is 0 Å². The van der Waals surface area contributed by atoms with E-state index in [1.54, 1.807) is 24.3 Å². The van der Waals surface area contributed by atoms with Crippen molar-refractivity contribution in [3.8, 4) is 0 Å². The molecule has 0 unspecified atom stereocenters. The Hall–Kier alpha value is -1.42. The summed E-state index contributed by atoms with van der Waals surface area (Å²) in [5.41, 5.74) is 1.14. The Morgan fingerprint density at radius 3 is 2.73 bits per heavy atom. The molecule has 82 valence electrons. The van der Waals surface area contributed by atoms with Crippen LogP contribution in [-0.4, -0.2) is 35.9 Å². The van der Waals surface area contributed by atoms with Gasteiger partial charge in [-0.1, -0.05) is 0 Å². The molecule has 0 saturated heterocycles. The van der Waals surface area contributed by atoms with E-state index in [1.165, 1.54) is 0 Å². The van der Waals surface area contributed by atoms with Gasteiger partial charge >= 0.3 is 0 Å². The van der Waals surface area contributed by atoms with Crippen molar-refractivity contribution in [3.05, 3.63) is 30.1 Å². The second kappa shape index (κ2) is 6.14. The van der Waals surface area contributed by atoms with E-state index >= 15 is 0 Å².